The highest BCUT2D eigenvalue weighted by atomic mass is 32.2. The minimum atomic E-state index is -4.92. The van der Waals surface area contributed by atoms with E-state index in [0.29, 0.717) is 22.4 Å². The molecule has 0 radical (unpaired) electrons. The van der Waals surface area contributed by atoms with E-state index in [9.17, 15) is 13.0 Å². The first kappa shape index (κ1) is 25.6. The molecule has 0 N–H and O–H groups in total. The molecular weight excluding hydrogens is 448 g/mol. The summed E-state index contributed by atoms with van der Waals surface area (Å²) in [6, 6.07) is 20.9. The lowest BCUT2D eigenvalue weighted by atomic mass is 9.83. The third kappa shape index (κ3) is 5.05. The van der Waals surface area contributed by atoms with Crippen molar-refractivity contribution in [2.24, 2.45) is 0 Å². The van der Waals surface area contributed by atoms with Crippen LogP contribution in [0.2, 0.25) is 0 Å². The summed E-state index contributed by atoms with van der Waals surface area (Å²) in [4.78, 5) is 3.84. The van der Waals surface area contributed by atoms with Gasteiger partial charge in [0.15, 0.2) is 0 Å². The van der Waals surface area contributed by atoms with Gasteiger partial charge in [0.2, 0.25) is 0 Å². The van der Waals surface area contributed by atoms with Crippen LogP contribution in [0, 0.1) is 0 Å². The first-order valence-electron chi connectivity index (χ1n) is 11.1. The lowest BCUT2D eigenvalue weighted by Gasteiger charge is -2.38. The van der Waals surface area contributed by atoms with Gasteiger partial charge in [-0.15, -0.1) is 0 Å². The smallest absolute Gasteiger partial charge is 0.135 e. The Kier molecular flexibility index (Phi) is 7.01. The Morgan fingerprint density at radius 1 is 0.647 bits per heavy atom. The van der Waals surface area contributed by atoms with Crippen LogP contribution in [-0.4, -0.2) is 46.8 Å². The Morgan fingerprint density at radius 2 is 0.971 bits per heavy atom. The quantitative estimate of drug-likeness (QED) is 0.355. The van der Waals surface area contributed by atoms with Crippen LogP contribution in [0.25, 0.3) is 0 Å². The average molecular weight is 482 g/mol. The molecule has 0 saturated carbocycles. The molecule has 0 saturated heterocycles. The number of ether oxygens (including phenoxy) is 1. The van der Waals surface area contributed by atoms with E-state index in [0.717, 1.165) is 11.4 Å². The van der Waals surface area contributed by atoms with Crippen LogP contribution in [0.5, 0.6) is 5.75 Å². The number of nitrogens with zero attached hydrogens (tertiary/aromatic N) is 2. The summed E-state index contributed by atoms with van der Waals surface area (Å²) in [5.74, 6) is 0.597. The minimum Gasteiger partial charge on any atom is -0.747 e. The van der Waals surface area contributed by atoms with Gasteiger partial charge in [-0.05, 0) is 73.9 Å². The maximum absolute atomic E-state index is 13.2. The summed E-state index contributed by atoms with van der Waals surface area (Å²) >= 11 is 0. The Hall–Kier alpha value is -3.03. The molecule has 3 rings (SSSR count). The predicted octanol–water partition coefficient (Wildman–Crippen LogP) is 4.83. The molecule has 0 aliphatic carbocycles. The third-order valence-corrected chi connectivity index (χ3v) is 7.10. The van der Waals surface area contributed by atoms with Crippen LogP contribution in [0.15, 0.2) is 72.8 Å². The lowest BCUT2D eigenvalue weighted by molar-refractivity contribution is 0.131. The van der Waals surface area contributed by atoms with Crippen molar-refractivity contribution in [2.75, 3.05) is 38.0 Å². The van der Waals surface area contributed by atoms with Gasteiger partial charge < -0.3 is 19.1 Å². The van der Waals surface area contributed by atoms with Crippen LogP contribution in [-0.2, 0) is 14.9 Å². The normalized spacial score (nSPS) is 12.4. The number of hydrogen-bond donors (Lipinski definition) is 0. The molecule has 3 aromatic rings. The van der Waals surface area contributed by atoms with E-state index in [1.807, 2.05) is 83.0 Å². The fourth-order valence-electron chi connectivity index (χ4n) is 4.03. The van der Waals surface area contributed by atoms with Gasteiger partial charge in [-0.25, -0.2) is 8.42 Å². The van der Waals surface area contributed by atoms with Crippen molar-refractivity contribution in [3.8, 4) is 5.75 Å². The number of benzene rings is 3. The zero-order chi connectivity index (χ0) is 25.3. The third-order valence-electron chi connectivity index (χ3n) is 5.64. The van der Waals surface area contributed by atoms with Gasteiger partial charge in [0, 0.05) is 39.6 Å². The van der Waals surface area contributed by atoms with E-state index >= 15 is 0 Å². The van der Waals surface area contributed by atoms with Crippen molar-refractivity contribution < 1.29 is 17.7 Å². The van der Waals surface area contributed by atoms with E-state index in [4.69, 9.17) is 4.74 Å². The van der Waals surface area contributed by atoms with E-state index in [1.54, 1.807) is 48.5 Å². The van der Waals surface area contributed by atoms with Gasteiger partial charge >= 0.3 is 0 Å². The van der Waals surface area contributed by atoms with Crippen molar-refractivity contribution in [1.29, 1.82) is 0 Å². The zero-order valence-electron chi connectivity index (χ0n) is 20.9. The fraction of sp³-hybridized carbons (Fsp3) is 0.333. The van der Waals surface area contributed by atoms with Crippen molar-refractivity contribution in [3.05, 3.63) is 89.5 Å². The second-order valence-corrected chi connectivity index (χ2v) is 11.3. The van der Waals surface area contributed by atoms with Gasteiger partial charge in [0.1, 0.15) is 26.2 Å². The SMILES string of the molecule is CN(C)c1ccc(C(c2ccc(OC(C)(C)C)cc2)(c2ccc(N(C)C)cc2)S(=O)(=O)[O-])cc1. The van der Waals surface area contributed by atoms with Crippen LogP contribution in [0.1, 0.15) is 37.5 Å². The fourth-order valence-corrected chi connectivity index (χ4v) is 5.31. The van der Waals surface area contributed by atoms with Crippen molar-refractivity contribution in [1.82, 2.24) is 0 Å². The second-order valence-electron chi connectivity index (χ2n) is 9.76. The molecule has 0 heterocycles. The largest absolute Gasteiger partial charge is 0.747 e. The molecule has 3 aromatic carbocycles. The Bertz CT molecular complexity index is 1160. The van der Waals surface area contributed by atoms with E-state index in [-0.39, 0.29) is 0 Å². The van der Waals surface area contributed by atoms with E-state index < -0.39 is 20.5 Å². The van der Waals surface area contributed by atoms with Crippen molar-refractivity contribution in [3.63, 3.8) is 0 Å². The highest BCUT2D eigenvalue weighted by molar-refractivity contribution is 7.87. The maximum Gasteiger partial charge on any atom is 0.135 e. The molecule has 182 valence electrons. The lowest BCUT2D eigenvalue weighted by Crippen LogP contribution is -2.38. The van der Waals surface area contributed by atoms with Crippen LogP contribution in [0.4, 0.5) is 11.4 Å². The Balaban J connectivity index is 2.30. The zero-order valence-corrected chi connectivity index (χ0v) is 21.7. The first-order valence-corrected chi connectivity index (χ1v) is 12.5. The molecule has 0 aliphatic rings. The van der Waals surface area contributed by atoms with Crippen molar-refractivity contribution in [2.45, 2.75) is 31.1 Å². The molecule has 0 amide bonds. The molecular formula is C27H33N2O4S-. The number of anilines is 2. The maximum atomic E-state index is 13.2. The van der Waals surface area contributed by atoms with Gasteiger partial charge in [-0.3, -0.25) is 0 Å². The number of rotatable bonds is 7. The molecule has 0 aromatic heterocycles. The van der Waals surface area contributed by atoms with Crippen LogP contribution >= 0.6 is 0 Å². The Morgan fingerprint density at radius 3 is 1.24 bits per heavy atom. The van der Waals surface area contributed by atoms with E-state index in [1.165, 1.54) is 0 Å². The minimum absolute atomic E-state index is 0.360. The molecule has 0 aliphatic heterocycles. The molecule has 7 heteroatoms. The summed E-state index contributed by atoms with van der Waals surface area (Å²) < 4.78 is 43.6. The molecule has 34 heavy (non-hydrogen) atoms. The number of hydrogen-bond acceptors (Lipinski definition) is 6. The standard InChI is InChI=1S/C27H34N2O4S/c1-26(2,3)33-25-18-12-22(13-19-25)27(34(30,31)32,20-8-14-23(15-9-20)28(4)5)21-10-16-24(17-11-21)29(6)7/h8-19H,1-7H3,(H,30,31,32)/p-1. The van der Waals surface area contributed by atoms with Crippen LogP contribution in [0.3, 0.4) is 0 Å². The monoisotopic (exact) mass is 481 g/mol. The summed E-state index contributed by atoms with van der Waals surface area (Å²) in [5, 5.41) is 0. The highest BCUT2D eigenvalue weighted by Gasteiger charge is 2.43. The van der Waals surface area contributed by atoms with Crippen molar-refractivity contribution >= 4 is 21.5 Å². The van der Waals surface area contributed by atoms with E-state index in [2.05, 4.69) is 0 Å². The summed E-state index contributed by atoms with van der Waals surface area (Å²) in [5.41, 5.74) is 2.52. The van der Waals surface area contributed by atoms with Gasteiger partial charge in [-0.2, -0.15) is 0 Å². The predicted molar refractivity (Wildman–Crippen MR) is 138 cm³/mol. The Labute approximate surface area is 203 Å². The molecule has 0 atom stereocenters. The molecule has 0 bridgehead atoms. The molecule has 0 spiro atoms. The highest BCUT2D eigenvalue weighted by Crippen LogP contribution is 2.45. The van der Waals surface area contributed by atoms with Gasteiger partial charge in [-0.1, -0.05) is 36.4 Å². The van der Waals surface area contributed by atoms with Gasteiger partial charge in [0.25, 0.3) is 0 Å². The molecule has 6 nitrogen and oxygen atoms in total. The summed E-state index contributed by atoms with van der Waals surface area (Å²) in [6.07, 6.45) is 0. The summed E-state index contributed by atoms with van der Waals surface area (Å²) in [7, 11) is 2.70. The van der Waals surface area contributed by atoms with Gasteiger partial charge in [0.05, 0.1) is 0 Å². The van der Waals surface area contributed by atoms with Crippen LogP contribution < -0.4 is 14.5 Å². The second kappa shape index (κ2) is 9.31. The average Bonchev–Trinajstić information content (AvgIpc) is 2.74. The molecule has 0 fully saturated rings. The first-order chi connectivity index (χ1) is 15.8. The summed E-state index contributed by atoms with van der Waals surface area (Å²) in [6.45, 7) is 5.81. The topological polar surface area (TPSA) is 72.9 Å². The molecule has 0 unspecified atom stereocenters.